The summed E-state index contributed by atoms with van der Waals surface area (Å²) in [4.78, 5) is 30.7. The van der Waals surface area contributed by atoms with Gasteiger partial charge in [-0.1, -0.05) is 0 Å². The van der Waals surface area contributed by atoms with E-state index in [-0.39, 0.29) is 0 Å². The number of carbonyl (C=O) groups is 3. The van der Waals surface area contributed by atoms with Gasteiger partial charge in [0, 0.05) is 0 Å². The first-order valence-corrected chi connectivity index (χ1v) is 3.17. The van der Waals surface area contributed by atoms with Gasteiger partial charge in [-0.2, -0.15) is 0 Å². The van der Waals surface area contributed by atoms with Gasteiger partial charge in [-0.15, -0.1) is 0 Å². The summed E-state index contributed by atoms with van der Waals surface area (Å²) in [6, 6.07) is -1.06. The van der Waals surface area contributed by atoms with Crippen molar-refractivity contribution >= 4 is 17.8 Å². The number of amides is 1. The summed E-state index contributed by atoms with van der Waals surface area (Å²) in [6.45, 7) is 1.25. The van der Waals surface area contributed by atoms with Crippen molar-refractivity contribution < 1.29 is 24.6 Å². The number of carboxylic acids is 2. The molecular formula is C6H9NO5. The van der Waals surface area contributed by atoms with Gasteiger partial charge in [-0.3, -0.25) is 14.4 Å². The summed E-state index contributed by atoms with van der Waals surface area (Å²) in [5.41, 5.74) is 0. The topological polar surface area (TPSA) is 104 Å². The van der Waals surface area contributed by atoms with E-state index in [1.807, 2.05) is 5.32 Å². The molecule has 0 saturated carbocycles. The Morgan fingerprint density at radius 2 is 1.83 bits per heavy atom. The van der Waals surface area contributed by atoms with Crippen LogP contribution in [-0.4, -0.2) is 34.1 Å². The van der Waals surface area contributed by atoms with Crippen molar-refractivity contribution in [3.63, 3.8) is 0 Å². The second-order valence-electron chi connectivity index (χ2n) is 2.20. The molecule has 0 heterocycles. The van der Waals surface area contributed by atoms with Crippen molar-refractivity contribution in [2.75, 3.05) is 0 Å². The summed E-state index contributed by atoms with van der Waals surface area (Å²) in [5.74, 6) is -3.30. The molecule has 0 fully saturated rings. The van der Waals surface area contributed by atoms with Gasteiger partial charge < -0.3 is 15.5 Å². The molecule has 1 atom stereocenters. The first kappa shape index (κ1) is 10.4. The monoisotopic (exact) mass is 175 g/mol. The van der Waals surface area contributed by atoms with E-state index in [4.69, 9.17) is 10.2 Å². The van der Waals surface area contributed by atoms with Gasteiger partial charge in [0.05, 0.1) is 0 Å². The molecule has 0 aromatic carbocycles. The summed E-state index contributed by atoms with van der Waals surface area (Å²) in [6.07, 6.45) is -0.711. The molecule has 0 bridgehead atoms. The number of aliphatic carboxylic acids is 2. The molecule has 0 spiro atoms. The first-order chi connectivity index (χ1) is 5.43. The lowest BCUT2D eigenvalue weighted by molar-refractivity contribution is -0.144. The molecule has 6 nitrogen and oxygen atoms in total. The molecule has 0 aromatic rings. The smallest absolute Gasteiger partial charge is 0.325 e. The highest BCUT2D eigenvalue weighted by Gasteiger charge is 2.15. The lowest BCUT2D eigenvalue weighted by atomic mass is 10.3. The van der Waals surface area contributed by atoms with Crippen LogP contribution in [0.15, 0.2) is 0 Å². The summed E-state index contributed by atoms with van der Waals surface area (Å²) in [5, 5.41) is 18.4. The van der Waals surface area contributed by atoms with Crippen LogP contribution >= 0.6 is 0 Å². The average molecular weight is 175 g/mol. The van der Waals surface area contributed by atoms with Crippen LogP contribution in [0.1, 0.15) is 13.3 Å². The molecule has 0 aliphatic carbocycles. The fraction of sp³-hybridized carbons (Fsp3) is 0.500. The van der Waals surface area contributed by atoms with Crippen molar-refractivity contribution in [3.8, 4) is 0 Å². The highest BCUT2D eigenvalue weighted by atomic mass is 16.4. The van der Waals surface area contributed by atoms with Crippen LogP contribution in [0.25, 0.3) is 0 Å². The number of carbonyl (C=O) groups excluding carboxylic acids is 1. The van der Waals surface area contributed by atoms with Crippen LogP contribution in [0.3, 0.4) is 0 Å². The van der Waals surface area contributed by atoms with Crippen LogP contribution < -0.4 is 5.32 Å². The maximum atomic E-state index is 10.6. The molecule has 0 aliphatic heterocycles. The summed E-state index contributed by atoms with van der Waals surface area (Å²) in [7, 11) is 0. The number of carboxylic acid groups (broad SMARTS) is 2. The fourth-order valence-corrected chi connectivity index (χ4v) is 0.492. The van der Waals surface area contributed by atoms with Crippen LogP contribution in [0.2, 0.25) is 0 Å². The highest BCUT2D eigenvalue weighted by Crippen LogP contribution is 1.84. The van der Waals surface area contributed by atoms with Gasteiger partial charge in [-0.25, -0.2) is 0 Å². The Balaban J connectivity index is 3.85. The van der Waals surface area contributed by atoms with Crippen LogP contribution in [-0.2, 0) is 14.4 Å². The lowest BCUT2D eigenvalue weighted by Crippen LogP contribution is -2.39. The molecular weight excluding hydrogens is 166 g/mol. The van der Waals surface area contributed by atoms with Crippen molar-refractivity contribution in [3.05, 3.63) is 0 Å². The van der Waals surface area contributed by atoms with E-state index in [1.54, 1.807) is 0 Å². The Labute approximate surface area is 68.2 Å². The van der Waals surface area contributed by atoms with Crippen molar-refractivity contribution in [2.24, 2.45) is 0 Å². The third-order valence-electron chi connectivity index (χ3n) is 1.06. The number of rotatable bonds is 4. The molecule has 12 heavy (non-hydrogen) atoms. The predicted octanol–water partition coefficient (Wildman–Crippen LogP) is -0.950. The molecule has 0 aliphatic rings. The molecule has 1 unspecified atom stereocenters. The van der Waals surface area contributed by atoms with Crippen molar-refractivity contribution in [2.45, 2.75) is 19.4 Å². The van der Waals surface area contributed by atoms with Crippen LogP contribution in [0, 0.1) is 0 Å². The molecule has 0 aromatic heterocycles. The Morgan fingerprint density at radius 3 is 2.17 bits per heavy atom. The van der Waals surface area contributed by atoms with Gasteiger partial charge >= 0.3 is 11.9 Å². The molecule has 1 amide bonds. The molecule has 6 heteroatoms. The van der Waals surface area contributed by atoms with Gasteiger partial charge in [0.1, 0.15) is 12.5 Å². The number of nitrogens with one attached hydrogen (secondary N) is 1. The quantitative estimate of drug-likeness (QED) is 0.478. The fourth-order valence-electron chi connectivity index (χ4n) is 0.492. The molecule has 3 N–H and O–H groups in total. The van der Waals surface area contributed by atoms with E-state index in [0.29, 0.717) is 0 Å². The standard InChI is InChI=1S/C6H9NO5/c1-3(6(11)12)7-4(8)2-5(9)10/h3H,2H2,1H3,(H,7,8)(H,9,10)(H,11,12). The Bertz CT molecular complexity index is 212. The third-order valence-corrected chi connectivity index (χ3v) is 1.06. The molecule has 0 saturated heterocycles. The SMILES string of the molecule is CC(NC(=O)CC(=O)O)C(=O)O. The Morgan fingerprint density at radius 1 is 1.33 bits per heavy atom. The first-order valence-electron chi connectivity index (χ1n) is 3.17. The number of hydrogen-bond acceptors (Lipinski definition) is 3. The predicted molar refractivity (Wildman–Crippen MR) is 37.5 cm³/mol. The molecule has 68 valence electrons. The summed E-state index contributed by atoms with van der Waals surface area (Å²) >= 11 is 0. The van der Waals surface area contributed by atoms with E-state index < -0.39 is 30.3 Å². The zero-order valence-electron chi connectivity index (χ0n) is 6.40. The second kappa shape index (κ2) is 4.32. The van der Waals surface area contributed by atoms with E-state index in [9.17, 15) is 14.4 Å². The minimum Gasteiger partial charge on any atom is -0.481 e. The van der Waals surface area contributed by atoms with Crippen LogP contribution in [0.4, 0.5) is 0 Å². The molecule has 0 radical (unpaired) electrons. The number of hydrogen-bond donors (Lipinski definition) is 3. The van der Waals surface area contributed by atoms with Crippen molar-refractivity contribution in [1.29, 1.82) is 0 Å². The minimum absolute atomic E-state index is 0.711. The lowest BCUT2D eigenvalue weighted by Gasteiger charge is -2.06. The van der Waals surface area contributed by atoms with Crippen LogP contribution in [0.5, 0.6) is 0 Å². The highest BCUT2D eigenvalue weighted by molar-refractivity contribution is 5.95. The maximum Gasteiger partial charge on any atom is 0.325 e. The van der Waals surface area contributed by atoms with Crippen molar-refractivity contribution in [1.82, 2.24) is 5.32 Å². The third kappa shape index (κ3) is 4.26. The van der Waals surface area contributed by atoms with Gasteiger partial charge in [0.25, 0.3) is 0 Å². The largest absolute Gasteiger partial charge is 0.481 e. The van der Waals surface area contributed by atoms with E-state index in [0.717, 1.165) is 0 Å². The average Bonchev–Trinajstić information content (AvgIpc) is 1.84. The zero-order valence-corrected chi connectivity index (χ0v) is 6.40. The zero-order chi connectivity index (χ0) is 9.72. The minimum atomic E-state index is -1.29. The summed E-state index contributed by atoms with van der Waals surface area (Å²) < 4.78 is 0. The normalized spacial score (nSPS) is 11.8. The Kier molecular flexibility index (Phi) is 3.75. The van der Waals surface area contributed by atoms with E-state index >= 15 is 0 Å². The van der Waals surface area contributed by atoms with E-state index in [2.05, 4.69) is 0 Å². The Hall–Kier alpha value is -1.59. The molecule has 0 rings (SSSR count). The van der Waals surface area contributed by atoms with Gasteiger partial charge in [0.15, 0.2) is 0 Å². The van der Waals surface area contributed by atoms with E-state index in [1.165, 1.54) is 6.92 Å². The van der Waals surface area contributed by atoms with Gasteiger partial charge in [-0.05, 0) is 6.92 Å². The van der Waals surface area contributed by atoms with Gasteiger partial charge in [0.2, 0.25) is 5.91 Å². The second-order valence-corrected chi connectivity index (χ2v) is 2.20. The maximum absolute atomic E-state index is 10.6.